The molecular formula is C14H24N2O3S. The highest BCUT2D eigenvalue weighted by molar-refractivity contribution is 7.99. The van der Waals surface area contributed by atoms with Gasteiger partial charge in [-0.2, -0.15) is 11.8 Å². The molecule has 2 fully saturated rings. The van der Waals surface area contributed by atoms with Crippen molar-refractivity contribution < 1.29 is 14.7 Å². The first-order valence-corrected chi connectivity index (χ1v) is 8.61. The fraction of sp³-hybridized carbons (Fsp3) is 0.857. The van der Waals surface area contributed by atoms with Crippen LogP contribution in [0.4, 0.5) is 4.79 Å². The molecule has 5 nitrogen and oxygen atoms in total. The van der Waals surface area contributed by atoms with E-state index in [2.05, 4.69) is 10.6 Å². The normalized spacial score (nSPS) is 25.1. The Labute approximate surface area is 124 Å². The van der Waals surface area contributed by atoms with Crippen molar-refractivity contribution in [1.29, 1.82) is 0 Å². The second-order valence-electron chi connectivity index (χ2n) is 5.94. The molecule has 20 heavy (non-hydrogen) atoms. The lowest BCUT2D eigenvalue weighted by Gasteiger charge is -2.33. The van der Waals surface area contributed by atoms with Crippen LogP contribution in [0.3, 0.4) is 0 Å². The molecule has 2 amide bonds. The maximum absolute atomic E-state index is 11.8. The molecule has 0 aromatic heterocycles. The minimum atomic E-state index is -0.773. The minimum absolute atomic E-state index is 0.229. The van der Waals surface area contributed by atoms with Gasteiger partial charge in [0, 0.05) is 13.1 Å². The molecule has 1 saturated carbocycles. The van der Waals surface area contributed by atoms with Gasteiger partial charge in [0.15, 0.2) is 0 Å². The monoisotopic (exact) mass is 300 g/mol. The van der Waals surface area contributed by atoms with Crippen molar-refractivity contribution in [2.45, 2.75) is 38.5 Å². The van der Waals surface area contributed by atoms with E-state index in [4.69, 9.17) is 0 Å². The molecule has 1 unspecified atom stereocenters. The van der Waals surface area contributed by atoms with Gasteiger partial charge in [-0.1, -0.05) is 19.3 Å². The van der Waals surface area contributed by atoms with Crippen LogP contribution in [-0.2, 0) is 4.79 Å². The zero-order valence-corrected chi connectivity index (χ0v) is 12.6. The predicted octanol–water partition coefficient (Wildman–Crippen LogP) is 2.07. The van der Waals surface area contributed by atoms with E-state index in [1.54, 1.807) is 0 Å². The summed E-state index contributed by atoms with van der Waals surface area (Å²) in [5.74, 6) is 2.08. The van der Waals surface area contributed by atoms with Gasteiger partial charge in [-0.25, -0.2) is 4.79 Å². The molecule has 114 valence electrons. The van der Waals surface area contributed by atoms with E-state index in [1.165, 1.54) is 5.75 Å². The molecule has 1 heterocycles. The maximum atomic E-state index is 11.8. The van der Waals surface area contributed by atoms with Gasteiger partial charge in [0.05, 0.1) is 5.41 Å². The zero-order chi connectivity index (χ0) is 14.4. The molecule has 1 atom stereocenters. The van der Waals surface area contributed by atoms with Crippen LogP contribution in [0.15, 0.2) is 0 Å². The number of carboxylic acids is 1. The van der Waals surface area contributed by atoms with Gasteiger partial charge in [-0.15, -0.1) is 0 Å². The molecule has 3 N–H and O–H groups in total. The largest absolute Gasteiger partial charge is 0.481 e. The number of rotatable bonds is 5. The van der Waals surface area contributed by atoms with Crippen LogP contribution < -0.4 is 10.6 Å². The quantitative estimate of drug-likeness (QED) is 0.726. The number of hydrogen-bond donors (Lipinski definition) is 3. The van der Waals surface area contributed by atoms with Crippen molar-refractivity contribution in [3.8, 4) is 0 Å². The molecule has 0 radical (unpaired) electrons. The maximum Gasteiger partial charge on any atom is 0.314 e. The highest BCUT2D eigenvalue weighted by atomic mass is 32.2. The van der Waals surface area contributed by atoms with Crippen LogP contribution in [0.5, 0.6) is 0 Å². The summed E-state index contributed by atoms with van der Waals surface area (Å²) in [5.41, 5.74) is -0.751. The van der Waals surface area contributed by atoms with Crippen molar-refractivity contribution in [3.63, 3.8) is 0 Å². The van der Waals surface area contributed by atoms with Crippen LogP contribution >= 0.6 is 11.8 Å². The SMILES string of the molecule is O=C(NCC1CCSC1)NCC1(C(=O)O)CCCCC1. The summed E-state index contributed by atoms with van der Waals surface area (Å²) in [6.07, 6.45) is 5.47. The number of carbonyl (C=O) groups is 2. The van der Waals surface area contributed by atoms with Crippen molar-refractivity contribution >= 4 is 23.8 Å². The van der Waals surface area contributed by atoms with Crippen molar-refractivity contribution in [3.05, 3.63) is 0 Å². The van der Waals surface area contributed by atoms with Gasteiger partial charge in [-0.3, -0.25) is 4.79 Å². The van der Waals surface area contributed by atoms with Gasteiger partial charge >= 0.3 is 12.0 Å². The first kappa shape index (κ1) is 15.5. The topological polar surface area (TPSA) is 78.4 Å². The Kier molecular flexibility index (Phi) is 5.57. The Bertz CT molecular complexity index is 350. The summed E-state index contributed by atoms with van der Waals surface area (Å²) in [7, 11) is 0. The third-order valence-electron chi connectivity index (χ3n) is 4.43. The van der Waals surface area contributed by atoms with E-state index >= 15 is 0 Å². The first-order valence-electron chi connectivity index (χ1n) is 7.45. The van der Waals surface area contributed by atoms with Crippen LogP contribution in [0.2, 0.25) is 0 Å². The number of aliphatic carboxylic acids is 1. The van der Waals surface area contributed by atoms with Gasteiger partial charge in [0.2, 0.25) is 0 Å². The molecule has 1 saturated heterocycles. The molecule has 0 spiro atoms. The summed E-state index contributed by atoms with van der Waals surface area (Å²) < 4.78 is 0. The first-order chi connectivity index (χ1) is 9.62. The smallest absolute Gasteiger partial charge is 0.314 e. The zero-order valence-electron chi connectivity index (χ0n) is 11.8. The molecule has 6 heteroatoms. The van der Waals surface area contributed by atoms with E-state index < -0.39 is 11.4 Å². The predicted molar refractivity (Wildman–Crippen MR) is 80.0 cm³/mol. The number of carboxylic acid groups (broad SMARTS) is 1. The lowest BCUT2D eigenvalue weighted by atomic mass is 9.74. The molecule has 0 bridgehead atoms. The van der Waals surface area contributed by atoms with Crippen LogP contribution in [0.25, 0.3) is 0 Å². The third-order valence-corrected chi connectivity index (χ3v) is 5.66. The highest BCUT2D eigenvalue weighted by Crippen LogP contribution is 2.35. The minimum Gasteiger partial charge on any atom is -0.481 e. The summed E-state index contributed by atoms with van der Waals surface area (Å²) >= 11 is 1.92. The Morgan fingerprint density at radius 2 is 1.95 bits per heavy atom. The van der Waals surface area contributed by atoms with Gasteiger partial charge in [0.1, 0.15) is 0 Å². The van der Waals surface area contributed by atoms with E-state index in [0.717, 1.165) is 31.4 Å². The Balaban J connectivity index is 1.74. The molecule has 1 aliphatic carbocycles. The van der Waals surface area contributed by atoms with Crippen LogP contribution in [-0.4, -0.2) is 41.7 Å². The van der Waals surface area contributed by atoms with E-state index in [0.29, 0.717) is 25.3 Å². The molecule has 0 aromatic rings. The highest BCUT2D eigenvalue weighted by Gasteiger charge is 2.39. The lowest BCUT2D eigenvalue weighted by Crippen LogP contribution is -2.47. The van der Waals surface area contributed by atoms with Crippen LogP contribution in [0.1, 0.15) is 38.5 Å². The lowest BCUT2D eigenvalue weighted by molar-refractivity contribution is -0.150. The van der Waals surface area contributed by atoms with E-state index in [-0.39, 0.29) is 12.6 Å². The number of urea groups is 1. The average Bonchev–Trinajstić information content (AvgIpc) is 2.97. The van der Waals surface area contributed by atoms with Crippen molar-refractivity contribution in [1.82, 2.24) is 10.6 Å². The summed E-state index contributed by atoms with van der Waals surface area (Å²) in [4.78, 5) is 23.3. The second-order valence-corrected chi connectivity index (χ2v) is 7.09. The summed E-state index contributed by atoms with van der Waals surface area (Å²) in [6.45, 7) is 0.937. The number of carbonyl (C=O) groups excluding carboxylic acids is 1. The molecule has 1 aliphatic heterocycles. The van der Waals surface area contributed by atoms with Gasteiger partial charge in [0.25, 0.3) is 0 Å². The number of thioether (sulfide) groups is 1. The molecule has 0 aromatic carbocycles. The Morgan fingerprint density at radius 1 is 1.20 bits per heavy atom. The van der Waals surface area contributed by atoms with Crippen molar-refractivity contribution in [2.75, 3.05) is 24.6 Å². The number of nitrogens with one attached hydrogen (secondary N) is 2. The standard InChI is InChI=1S/C14H24N2O3S/c17-12(18)14(5-2-1-3-6-14)10-16-13(19)15-8-11-4-7-20-9-11/h11H,1-10H2,(H,17,18)(H2,15,16,19). The van der Waals surface area contributed by atoms with Gasteiger partial charge in [-0.05, 0) is 36.7 Å². The fourth-order valence-electron chi connectivity index (χ4n) is 2.99. The summed E-state index contributed by atoms with van der Waals surface area (Å²) in [5, 5.41) is 15.1. The number of amides is 2. The average molecular weight is 300 g/mol. The fourth-order valence-corrected chi connectivity index (χ4v) is 4.27. The summed E-state index contributed by atoms with van der Waals surface area (Å²) in [6, 6.07) is -0.229. The van der Waals surface area contributed by atoms with Crippen molar-refractivity contribution in [2.24, 2.45) is 11.3 Å². The Hall–Kier alpha value is -0.910. The molecular weight excluding hydrogens is 276 g/mol. The third kappa shape index (κ3) is 4.04. The second kappa shape index (κ2) is 7.20. The molecule has 2 aliphatic rings. The van der Waals surface area contributed by atoms with Gasteiger partial charge < -0.3 is 15.7 Å². The van der Waals surface area contributed by atoms with E-state index in [9.17, 15) is 14.7 Å². The van der Waals surface area contributed by atoms with E-state index in [1.807, 2.05) is 11.8 Å². The number of hydrogen-bond acceptors (Lipinski definition) is 3. The Morgan fingerprint density at radius 3 is 2.55 bits per heavy atom. The van der Waals surface area contributed by atoms with Crippen LogP contribution in [0, 0.1) is 11.3 Å². The molecule has 2 rings (SSSR count).